The van der Waals surface area contributed by atoms with E-state index in [1.807, 2.05) is 0 Å². The van der Waals surface area contributed by atoms with Crippen molar-refractivity contribution in [2.75, 3.05) is 9.80 Å². The first-order valence-electron chi connectivity index (χ1n) is 27.0. The average molecular weight is 983 g/mol. The van der Waals surface area contributed by atoms with E-state index in [1.165, 1.54) is 82.5 Å². The summed E-state index contributed by atoms with van der Waals surface area (Å²) in [6, 6.07) is 73.5. The molecule has 368 valence electrons. The molecular formula is C72H58N2O2. The third-order valence-electron chi connectivity index (χ3n) is 16.4. The Bertz CT molecular complexity index is 4490. The number of hydrogen-bond donors (Lipinski definition) is 0. The van der Waals surface area contributed by atoms with E-state index < -0.39 is 0 Å². The van der Waals surface area contributed by atoms with Crippen molar-refractivity contribution in [1.29, 1.82) is 0 Å². The quantitative estimate of drug-likeness (QED) is 0.128. The number of hydrogen-bond acceptors (Lipinski definition) is 4. The van der Waals surface area contributed by atoms with Gasteiger partial charge in [-0.2, -0.15) is 0 Å². The van der Waals surface area contributed by atoms with Crippen LogP contribution in [0.4, 0.5) is 28.4 Å². The number of fused-ring (bicyclic) bond motifs is 6. The van der Waals surface area contributed by atoms with Gasteiger partial charge in [-0.3, -0.25) is 0 Å². The first kappa shape index (κ1) is 45.7. The summed E-state index contributed by atoms with van der Waals surface area (Å²) in [6.07, 6.45) is 4.29. The molecule has 0 amide bonds. The summed E-state index contributed by atoms with van der Waals surface area (Å²) >= 11 is 0. The summed E-state index contributed by atoms with van der Waals surface area (Å²) in [4.78, 5) is 5.05. The standard InChI is InChI=1S/C72H58N2O2/c1-43(2)59-41-65(73(49-33-31-45(5)61(39-49)47-19-9-7-10-20-47)63-27-17-25-55-51-23-13-15-29-67(51)75-71(55)63)57-38-36-54-60(44(3)4)42-66(58-37-35-53(59)69(57)70(54)58)74(50-34-32-46(6)62(40-50)48-21-11-8-12-22-48)64-28-18-26-56-52-24-14-16-30-68(52)76-72(56)64/h7-31,33,35-44H,32,34H2,1-6H3. The molecule has 0 unspecified atom stereocenters. The number of anilines is 5. The molecule has 2 aromatic heterocycles. The van der Waals surface area contributed by atoms with Gasteiger partial charge < -0.3 is 18.6 Å². The first-order chi connectivity index (χ1) is 37.2. The van der Waals surface area contributed by atoms with Gasteiger partial charge in [-0.1, -0.05) is 185 Å². The van der Waals surface area contributed by atoms with E-state index in [0.29, 0.717) is 0 Å². The van der Waals surface area contributed by atoms with Crippen LogP contribution in [0.1, 0.15) is 81.5 Å². The van der Waals surface area contributed by atoms with Crippen LogP contribution in [0.15, 0.2) is 226 Å². The minimum atomic E-state index is 0.218. The van der Waals surface area contributed by atoms with Gasteiger partial charge in [-0.25, -0.2) is 0 Å². The minimum Gasteiger partial charge on any atom is -0.454 e. The van der Waals surface area contributed by atoms with Crippen LogP contribution in [0.2, 0.25) is 0 Å². The Balaban J connectivity index is 1.10. The zero-order chi connectivity index (χ0) is 51.3. The average Bonchev–Trinajstić information content (AvgIpc) is 4.13. The Morgan fingerprint density at radius 2 is 0.882 bits per heavy atom. The molecule has 2 heterocycles. The molecule has 1 aliphatic carbocycles. The zero-order valence-corrected chi connectivity index (χ0v) is 43.9. The van der Waals surface area contributed by atoms with E-state index >= 15 is 0 Å². The van der Waals surface area contributed by atoms with Crippen molar-refractivity contribution < 1.29 is 8.83 Å². The van der Waals surface area contributed by atoms with Crippen molar-refractivity contribution in [1.82, 2.24) is 0 Å². The summed E-state index contributed by atoms with van der Waals surface area (Å²) in [5.41, 5.74) is 20.3. The van der Waals surface area contributed by atoms with Crippen molar-refractivity contribution in [3.63, 3.8) is 0 Å². The van der Waals surface area contributed by atoms with Crippen molar-refractivity contribution in [3.05, 3.63) is 240 Å². The molecule has 76 heavy (non-hydrogen) atoms. The lowest BCUT2D eigenvalue weighted by molar-refractivity contribution is 0.668. The first-order valence-corrected chi connectivity index (χ1v) is 27.0. The SMILES string of the molecule is CC1=C(c2ccccc2)C=C(N(c2cc(C(C)C)c3ccc4c(N(c5ccc(C)c(-c6ccccc6)c5)c5cccc6c5oc5ccccc56)cc(C(C)C)c5ccc2c3c54)c2cccc3c2oc2ccccc23)CC1. The van der Waals surface area contributed by atoms with Gasteiger partial charge in [0.1, 0.15) is 11.2 Å². The Morgan fingerprint density at radius 3 is 1.45 bits per heavy atom. The summed E-state index contributed by atoms with van der Waals surface area (Å²) in [5.74, 6) is 0.444. The third-order valence-corrected chi connectivity index (χ3v) is 16.4. The second-order valence-electron chi connectivity index (χ2n) is 21.6. The Morgan fingerprint density at radius 1 is 0.395 bits per heavy atom. The number of aryl methyl sites for hydroxylation is 1. The topological polar surface area (TPSA) is 32.8 Å². The maximum absolute atomic E-state index is 6.98. The van der Waals surface area contributed by atoms with Gasteiger partial charge >= 0.3 is 0 Å². The molecule has 0 radical (unpaired) electrons. The lowest BCUT2D eigenvalue weighted by atomic mass is 9.83. The highest BCUT2D eigenvalue weighted by molar-refractivity contribution is 6.30. The number of para-hydroxylation sites is 4. The Labute approximate surface area is 443 Å². The van der Waals surface area contributed by atoms with Crippen LogP contribution in [0.3, 0.4) is 0 Å². The van der Waals surface area contributed by atoms with Gasteiger partial charge in [0.2, 0.25) is 0 Å². The van der Waals surface area contributed by atoms with Crippen molar-refractivity contribution >= 4 is 110 Å². The fraction of sp³-hybridized carbons (Fsp3) is 0.139. The number of allylic oxidation sites excluding steroid dienone is 4. The lowest BCUT2D eigenvalue weighted by Gasteiger charge is -2.34. The number of furan rings is 2. The maximum atomic E-state index is 6.98. The molecule has 0 N–H and O–H groups in total. The third kappa shape index (κ3) is 7.18. The van der Waals surface area contributed by atoms with Crippen LogP contribution in [0.5, 0.6) is 0 Å². The van der Waals surface area contributed by atoms with E-state index in [0.717, 1.165) is 85.2 Å². The molecular weight excluding hydrogens is 925 g/mol. The fourth-order valence-corrected chi connectivity index (χ4v) is 12.6. The smallest absolute Gasteiger partial charge is 0.159 e. The predicted octanol–water partition coefficient (Wildman–Crippen LogP) is 21.4. The van der Waals surface area contributed by atoms with E-state index in [9.17, 15) is 0 Å². The van der Waals surface area contributed by atoms with Gasteiger partial charge in [-0.15, -0.1) is 0 Å². The summed E-state index contributed by atoms with van der Waals surface area (Å²) in [7, 11) is 0. The molecule has 14 rings (SSSR count). The monoisotopic (exact) mass is 982 g/mol. The summed E-state index contributed by atoms with van der Waals surface area (Å²) < 4.78 is 13.9. The highest BCUT2D eigenvalue weighted by Gasteiger charge is 2.30. The number of benzene rings is 11. The highest BCUT2D eigenvalue weighted by Crippen LogP contribution is 2.53. The van der Waals surface area contributed by atoms with Crippen LogP contribution in [0, 0.1) is 6.92 Å². The second-order valence-corrected chi connectivity index (χ2v) is 21.6. The van der Waals surface area contributed by atoms with Crippen molar-refractivity contribution in [2.45, 2.75) is 66.2 Å². The molecule has 11 aromatic carbocycles. The molecule has 4 heteroatoms. The lowest BCUT2D eigenvalue weighted by Crippen LogP contribution is -2.20. The van der Waals surface area contributed by atoms with Gasteiger partial charge in [0.25, 0.3) is 0 Å². The molecule has 0 saturated carbocycles. The van der Waals surface area contributed by atoms with Crippen molar-refractivity contribution in [2.24, 2.45) is 0 Å². The number of rotatable bonds is 10. The summed E-state index contributed by atoms with van der Waals surface area (Å²) in [6.45, 7) is 13.9. The molecule has 0 atom stereocenters. The molecule has 0 spiro atoms. The highest BCUT2D eigenvalue weighted by atomic mass is 16.3. The van der Waals surface area contributed by atoms with Crippen LogP contribution >= 0.6 is 0 Å². The van der Waals surface area contributed by atoms with Crippen LogP contribution < -0.4 is 9.80 Å². The molecule has 13 aromatic rings. The Kier molecular flexibility index (Phi) is 10.8. The van der Waals surface area contributed by atoms with Gasteiger partial charge in [0.05, 0.1) is 22.7 Å². The molecule has 1 aliphatic rings. The van der Waals surface area contributed by atoms with E-state index in [1.54, 1.807) is 0 Å². The van der Waals surface area contributed by atoms with Crippen LogP contribution in [-0.2, 0) is 0 Å². The molecule has 0 bridgehead atoms. The van der Waals surface area contributed by atoms with Crippen LogP contribution in [0.25, 0.3) is 92.9 Å². The molecule has 0 fully saturated rings. The zero-order valence-electron chi connectivity index (χ0n) is 43.9. The van der Waals surface area contributed by atoms with Crippen LogP contribution in [-0.4, -0.2) is 0 Å². The molecule has 0 aliphatic heterocycles. The fourth-order valence-electron chi connectivity index (χ4n) is 12.6. The van der Waals surface area contributed by atoms with Gasteiger partial charge in [-0.05, 0) is 154 Å². The number of nitrogens with zero attached hydrogens (tertiary/aromatic N) is 2. The minimum absolute atomic E-state index is 0.218. The van der Waals surface area contributed by atoms with Crippen molar-refractivity contribution in [3.8, 4) is 11.1 Å². The molecule has 4 nitrogen and oxygen atoms in total. The normalized spacial score (nSPS) is 13.3. The maximum Gasteiger partial charge on any atom is 0.159 e. The predicted molar refractivity (Wildman–Crippen MR) is 323 cm³/mol. The van der Waals surface area contributed by atoms with Gasteiger partial charge in [0.15, 0.2) is 11.2 Å². The van der Waals surface area contributed by atoms with E-state index in [2.05, 4.69) is 258 Å². The Hall–Kier alpha value is -8.86. The second kappa shape index (κ2) is 17.9. The summed E-state index contributed by atoms with van der Waals surface area (Å²) in [5, 5.41) is 12.0. The van der Waals surface area contributed by atoms with E-state index in [4.69, 9.17) is 8.83 Å². The van der Waals surface area contributed by atoms with E-state index in [-0.39, 0.29) is 11.8 Å². The largest absolute Gasteiger partial charge is 0.454 e. The molecule has 0 saturated heterocycles. The van der Waals surface area contributed by atoms with Gasteiger partial charge in [0, 0.05) is 43.7 Å².